The summed E-state index contributed by atoms with van der Waals surface area (Å²) in [5.74, 6) is -0.296. The second kappa shape index (κ2) is 9.83. The Morgan fingerprint density at radius 1 is 1.21 bits per heavy atom. The van der Waals surface area contributed by atoms with Gasteiger partial charge in [-0.2, -0.15) is 0 Å². The topological polar surface area (TPSA) is 95.1 Å². The van der Waals surface area contributed by atoms with Crippen molar-refractivity contribution in [2.45, 2.75) is 26.4 Å². The Kier molecular flexibility index (Phi) is 7.49. The van der Waals surface area contributed by atoms with Crippen molar-refractivity contribution in [2.75, 3.05) is 26.1 Å². The van der Waals surface area contributed by atoms with E-state index in [0.29, 0.717) is 18.8 Å². The van der Waals surface area contributed by atoms with Gasteiger partial charge in [0.2, 0.25) is 0 Å². The fourth-order valence-corrected chi connectivity index (χ4v) is 3.00. The Morgan fingerprint density at radius 3 is 2.41 bits per heavy atom. The molecule has 0 saturated heterocycles. The van der Waals surface area contributed by atoms with E-state index in [-0.39, 0.29) is 23.0 Å². The van der Waals surface area contributed by atoms with Gasteiger partial charge in [-0.1, -0.05) is 0 Å². The van der Waals surface area contributed by atoms with Crippen LogP contribution in [0.2, 0.25) is 0 Å². The standard InChI is InChI=1S/C20H24FN3O5/c1-5-23(12-14-6-8-18(28-3)16(21)10-14)13(2)20(25)22-17-11-15(24(26)27)7-9-19(17)29-4/h6-11,13H,5,12H2,1-4H3,(H,22,25)/p+1/t13-/m0/s1. The maximum Gasteiger partial charge on any atom is 0.282 e. The Bertz CT molecular complexity index is 890. The van der Waals surface area contributed by atoms with Crippen LogP contribution in [0.1, 0.15) is 19.4 Å². The zero-order chi connectivity index (χ0) is 21.6. The second-order valence-electron chi connectivity index (χ2n) is 6.51. The summed E-state index contributed by atoms with van der Waals surface area (Å²) < 4.78 is 24.1. The van der Waals surface area contributed by atoms with Crippen LogP contribution < -0.4 is 19.7 Å². The van der Waals surface area contributed by atoms with Crippen molar-refractivity contribution in [3.8, 4) is 11.5 Å². The number of nitro groups is 1. The molecule has 0 aliphatic rings. The molecule has 156 valence electrons. The van der Waals surface area contributed by atoms with E-state index in [4.69, 9.17) is 9.47 Å². The maximum absolute atomic E-state index is 14.0. The monoisotopic (exact) mass is 406 g/mol. The number of nitrogens with zero attached hydrogens (tertiary/aromatic N) is 1. The van der Waals surface area contributed by atoms with Crippen molar-refractivity contribution < 1.29 is 28.5 Å². The van der Waals surface area contributed by atoms with Gasteiger partial charge in [0, 0.05) is 17.7 Å². The van der Waals surface area contributed by atoms with Crippen LogP contribution in [0, 0.1) is 15.9 Å². The number of quaternary nitrogens is 1. The number of non-ortho nitro benzene ring substituents is 1. The third-order valence-corrected chi connectivity index (χ3v) is 4.76. The van der Waals surface area contributed by atoms with E-state index in [1.165, 1.54) is 38.5 Å². The number of rotatable bonds is 9. The molecule has 0 aromatic heterocycles. The van der Waals surface area contributed by atoms with Crippen LogP contribution in [0.25, 0.3) is 0 Å². The van der Waals surface area contributed by atoms with Gasteiger partial charge in [-0.3, -0.25) is 14.9 Å². The van der Waals surface area contributed by atoms with E-state index in [0.717, 1.165) is 10.5 Å². The van der Waals surface area contributed by atoms with Crippen molar-refractivity contribution in [1.29, 1.82) is 0 Å². The van der Waals surface area contributed by atoms with E-state index in [9.17, 15) is 19.3 Å². The molecule has 0 saturated carbocycles. The molecular weight excluding hydrogens is 381 g/mol. The van der Waals surface area contributed by atoms with Gasteiger partial charge in [0.05, 0.1) is 31.4 Å². The first kappa shape index (κ1) is 22.1. The van der Waals surface area contributed by atoms with Gasteiger partial charge in [-0.05, 0) is 38.1 Å². The van der Waals surface area contributed by atoms with E-state index in [1.807, 2.05) is 6.92 Å². The molecule has 29 heavy (non-hydrogen) atoms. The summed E-state index contributed by atoms with van der Waals surface area (Å²) in [6.45, 7) is 4.72. The molecule has 2 N–H and O–H groups in total. The highest BCUT2D eigenvalue weighted by Crippen LogP contribution is 2.28. The van der Waals surface area contributed by atoms with Gasteiger partial charge in [0.1, 0.15) is 12.3 Å². The number of amides is 1. The number of likely N-dealkylation sites (N-methyl/N-ethyl adjacent to an activating group) is 1. The van der Waals surface area contributed by atoms with Gasteiger partial charge in [-0.15, -0.1) is 0 Å². The SMILES string of the molecule is CC[NH+](Cc1ccc(OC)c(F)c1)[C@@H](C)C(=O)Nc1cc([N+](=O)[O-])ccc1OC. The first-order valence-electron chi connectivity index (χ1n) is 9.11. The van der Waals surface area contributed by atoms with E-state index < -0.39 is 16.8 Å². The van der Waals surface area contributed by atoms with Crippen molar-refractivity contribution in [1.82, 2.24) is 0 Å². The van der Waals surface area contributed by atoms with Crippen LogP contribution in [0.3, 0.4) is 0 Å². The molecule has 2 atom stereocenters. The van der Waals surface area contributed by atoms with Gasteiger partial charge in [0.25, 0.3) is 11.6 Å². The predicted molar refractivity (Wildman–Crippen MR) is 106 cm³/mol. The summed E-state index contributed by atoms with van der Waals surface area (Å²) in [4.78, 5) is 24.1. The van der Waals surface area contributed by atoms with Gasteiger partial charge in [-0.25, -0.2) is 4.39 Å². The lowest BCUT2D eigenvalue weighted by Crippen LogP contribution is -3.15. The van der Waals surface area contributed by atoms with Gasteiger partial charge in [0.15, 0.2) is 17.6 Å². The molecule has 0 fully saturated rings. The van der Waals surface area contributed by atoms with E-state index >= 15 is 0 Å². The lowest BCUT2D eigenvalue weighted by atomic mass is 10.1. The smallest absolute Gasteiger partial charge is 0.282 e. The minimum absolute atomic E-state index is 0.151. The summed E-state index contributed by atoms with van der Waals surface area (Å²) in [5, 5.41) is 13.7. The number of hydrogen-bond acceptors (Lipinski definition) is 5. The lowest BCUT2D eigenvalue weighted by molar-refractivity contribution is -0.925. The third kappa shape index (κ3) is 5.41. The van der Waals surface area contributed by atoms with Gasteiger partial charge < -0.3 is 19.7 Å². The first-order valence-corrected chi connectivity index (χ1v) is 9.11. The summed E-state index contributed by atoms with van der Waals surface area (Å²) in [5.41, 5.74) is 0.805. The molecule has 9 heteroatoms. The number of halogens is 1. The van der Waals surface area contributed by atoms with E-state index in [2.05, 4.69) is 5.32 Å². The number of hydrogen-bond donors (Lipinski definition) is 2. The zero-order valence-electron chi connectivity index (χ0n) is 16.8. The van der Waals surface area contributed by atoms with E-state index in [1.54, 1.807) is 19.1 Å². The van der Waals surface area contributed by atoms with Crippen LogP contribution in [0.15, 0.2) is 36.4 Å². The minimum Gasteiger partial charge on any atom is -0.495 e. The number of carbonyl (C=O) groups excluding carboxylic acids is 1. The van der Waals surface area contributed by atoms with Crippen molar-refractivity contribution in [3.05, 3.63) is 57.9 Å². The molecule has 0 bridgehead atoms. The zero-order valence-corrected chi connectivity index (χ0v) is 16.8. The number of ether oxygens (including phenoxy) is 2. The van der Waals surface area contributed by atoms with Crippen molar-refractivity contribution in [3.63, 3.8) is 0 Å². The highest BCUT2D eigenvalue weighted by Gasteiger charge is 2.26. The number of nitrogens with one attached hydrogen (secondary N) is 2. The van der Waals surface area contributed by atoms with Crippen LogP contribution in [0.4, 0.5) is 15.8 Å². The summed E-state index contributed by atoms with van der Waals surface area (Å²) in [6, 6.07) is 8.20. The number of nitro benzene ring substituents is 1. The van der Waals surface area contributed by atoms with Crippen LogP contribution in [-0.2, 0) is 11.3 Å². The van der Waals surface area contributed by atoms with Crippen LogP contribution in [-0.4, -0.2) is 37.6 Å². The molecule has 0 heterocycles. The Hall–Kier alpha value is -3.20. The molecule has 2 aromatic rings. The number of anilines is 1. The van der Waals surface area contributed by atoms with Gasteiger partial charge >= 0.3 is 0 Å². The molecule has 0 aliphatic heterocycles. The maximum atomic E-state index is 14.0. The van der Waals surface area contributed by atoms with Crippen LogP contribution in [0.5, 0.6) is 11.5 Å². The fraction of sp³-hybridized carbons (Fsp3) is 0.350. The normalized spacial score (nSPS) is 12.7. The molecule has 0 spiro atoms. The molecule has 0 aliphatic carbocycles. The first-order chi connectivity index (χ1) is 13.8. The molecule has 1 unspecified atom stereocenters. The highest BCUT2D eigenvalue weighted by atomic mass is 19.1. The molecule has 1 amide bonds. The third-order valence-electron chi connectivity index (χ3n) is 4.76. The molecule has 2 aromatic carbocycles. The van der Waals surface area contributed by atoms with Crippen molar-refractivity contribution >= 4 is 17.3 Å². The summed E-state index contributed by atoms with van der Waals surface area (Å²) in [7, 11) is 2.82. The average molecular weight is 406 g/mol. The highest BCUT2D eigenvalue weighted by molar-refractivity contribution is 5.95. The fourth-order valence-electron chi connectivity index (χ4n) is 3.00. The molecule has 2 rings (SSSR count). The molecular formula is C20H25FN3O5+. The lowest BCUT2D eigenvalue weighted by Gasteiger charge is -2.24. The largest absolute Gasteiger partial charge is 0.495 e. The van der Waals surface area contributed by atoms with Crippen LogP contribution >= 0.6 is 0 Å². The average Bonchev–Trinajstić information content (AvgIpc) is 2.71. The second-order valence-corrected chi connectivity index (χ2v) is 6.51. The summed E-state index contributed by atoms with van der Waals surface area (Å²) >= 11 is 0. The number of carbonyl (C=O) groups is 1. The Balaban J connectivity index is 2.16. The molecule has 0 radical (unpaired) electrons. The molecule has 8 nitrogen and oxygen atoms in total. The number of methoxy groups -OCH3 is 2. The number of benzene rings is 2. The summed E-state index contributed by atoms with van der Waals surface area (Å²) in [6.07, 6.45) is 0. The minimum atomic E-state index is -0.541. The predicted octanol–water partition coefficient (Wildman–Crippen LogP) is 2.18. The van der Waals surface area contributed by atoms with Crippen molar-refractivity contribution in [2.24, 2.45) is 0 Å². The quantitative estimate of drug-likeness (QED) is 0.492. The Morgan fingerprint density at radius 2 is 1.86 bits per heavy atom. The Labute approximate surface area is 168 Å².